The number of benzene rings is 1. The first-order valence-corrected chi connectivity index (χ1v) is 10.8. The molecule has 0 radical (unpaired) electrons. The number of fused-ring (bicyclic) bond motifs is 1. The van der Waals surface area contributed by atoms with Crippen LogP contribution in [0.25, 0.3) is 33.3 Å². The Morgan fingerprint density at radius 2 is 2.10 bits per heavy atom. The summed E-state index contributed by atoms with van der Waals surface area (Å²) in [7, 11) is 0. The van der Waals surface area contributed by atoms with Crippen LogP contribution >= 0.6 is 11.3 Å². The van der Waals surface area contributed by atoms with Gasteiger partial charge in [0.25, 0.3) is 11.8 Å². The average Bonchev–Trinajstić information content (AvgIpc) is 3.59. The molecule has 4 heterocycles. The van der Waals surface area contributed by atoms with Crippen LogP contribution in [0.3, 0.4) is 0 Å². The average molecular weight is 433 g/mol. The Kier molecular flexibility index (Phi) is 5.09. The van der Waals surface area contributed by atoms with Gasteiger partial charge in [0, 0.05) is 35.8 Å². The Bertz CT molecular complexity index is 1330. The standard InChI is InChI=1S/C22H19N5O3S/c1-2-27-16-7-4-3-6-14(16)12-17(27)22-24-15(13-31-22)20(28)23-10-9-19-25-26-21(30-19)18-8-5-11-29-18/h3-8,11-13H,2,9-10H2,1H3,(H,23,28). The molecule has 0 spiro atoms. The van der Waals surface area contributed by atoms with Crippen molar-refractivity contribution in [2.45, 2.75) is 19.9 Å². The highest BCUT2D eigenvalue weighted by Gasteiger charge is 2.16. The summed E-state index contributed by atoms with van der Waals surface area (Å²) < 4.78 is 13.0. The highest BCUT2D eigenvalue weighted by Crippen LogP contribution is 2.30. The van der Waals surface area contributed by atoms with Crippen LogP contribution in [0.2, 0.25) is 0 Å². The fourth-order valence-corrected chi connectivity index (χ4v) is 4.28. The molecule has 9 heteroatoms. The number of aryl methyl sites for hydroxylation is 1. The first-order valence-electron chi connectivity index (χ1n) is 9.91. The Labute approximate surface area is 181 Å². The molecule has 0 saturated heterocycles. The van der Waals surface area contributed by atoms with Crippen molar-refractivity contribution < 1.29 is 13.6 Å². The fourth-order valence-electron chi connectivity index (χ4n) is 3.45. The van der Waals surface area contributed by atoms with Crippen LogP contribution in [0.1, 0.15) is 23.3 Å². The van der Waals surface area contributed by atoms with E-state index >= 15 is 0 Å². The van der Waals surface area contributed by atoms with Crippen molar-refractivity contribution in [3.8, 4) is 22.4 Å². The first-order chi connectivity index (χ1) is 15.2. The second kappa shape index (κ2) is 8.19. The van der Waals surface area contributed by atoms with E-state index < -0.39 is 0 Å². The van der Waals surface area contributed by atoms with Gasteiger partial charge in [0.1, 0.15) is 10.7 Å². The number of carbonyl (C=O) groups is 1. The van der Waals surface area contributed by atoms with E-state index in [9.17, 15) is 4.79 Å². The molecule has 0 atom stereocenters. The number of thiazole rings is 1. The molecule has 0 unspecified atom stereocenters. The second-order valence-corrected chi connectivity index (χ2v) is 7.71. The van der Waals surface area contributed by atoms with E-state index in [2.05, 4.69) is 50.2 Å². The highest BCUT2D eigenvalue weighted by molar-refractivity contribution is 7.13. The Balaban J connectivity index is 1.25. The van der Waals surface area contributed by atoms with E-state index in [1.165, 1.54) is 11.3 Å². The molecule has 0 aliphatic carbocycles. The summed E-state index contributed by atoms with van der Waals surface area (Å²) in [5, 5.41) is 14.6. The van der Waals surface area contributed by atoms with Gasteiger partial charge in [-0.05, 0) is 31.2 Å². The van der Waals surface area contributed by atoms with Gasteiger partial charge in [0.05, 0.1) is 12.0 Å². The highest BCUT2D eigenvalue weighted by atomic mass is 32.1. The molecule has 1 N–H and O–H groups in total. The van der Waals surface area contributed by atoms with Crippen LogP contribution in [0, 0.1) is 0 Å². The Hall–Kier alpha value is -3.72. The van der Waals surface area contributed by atoms with Crippen molar-refractivity contribution in [1.82, 2.24) is 25.1 Å². The smallest absolute Gasteiger partial charge is 0.283 e. The summed E-state index contributed by atoms with van der Waals surface area (Å²) in [6.07, 6.45) is 1.96. The summed E-state index contributed by atoms with van der Waals surface area (Å²) in [4.78, 5) is 17.1. The number of carbonyl (C=O) groups excluding carboxylic acids is 1. The zero-order valence-corrected chi connectivity index (χ0v) is 17.6. The summed E-state index contributed by atoms with van der Waals surface area (Å²) in [6.45, 7) is 3.29. The number of nitrogens with zero attached hydrogens (tertiary/aromatic N) is 4. The number of rotatable bonds is 7. The normalized spacial score (nSPS) is 11.3. The van der Waals surface area contributed by atoms with Gasteiger partial charge in [-0.1, -0.05) is 18.2 Å². The lowest BCUT2D eigenvalue weighted by molar-refractivity contribution is 0.0949. The van der Waals surface area contributed by atoms with Gasteiger partial charge in [-0.15, -0.1) is 21.5 Å². The van der Waals surface area contributed by atoms with Crippen LogP contribution in [-0.4, -0.2) is 32.2 Å². The topological polar surface area (TPSA) is 99.0 Å². The number of amides is 1. The summed E-state index contributed by atoms with van der Waals surface area (Å²) in [5.41, 5.74) is 2.58. The third-order valence-corrected chi connectivity index (χ3v) is 5.77. The number of nitrogens with one attached hydrogen (secondary N) is 1. The summed E-state index contributed by atoms with van der Waals surface area (Å²) >= 11 is 1.46. The van der Waals surface area contributed by atoms with E-state index in [-0.39, 0.29) is 5.91 Å². The summed E-state index contributed by atoms with van der Waals surface area (Å²) in [5.74, 6) is 1.04. The molecule has 1 amide bonds. The van der Waals surface area contributed by atoms with Gasteiger partial charge < -0.3 is 18.7 Å². The zero-order valence-electron chi connectivity index (χ0n) is 16.7. The molecule has 0 saturated carbocycles. The third-order valence-electron chi connectivity index (χ3n) is 4.91. The minimum atomic E-state index is -0.229. The van der Waals surface area contributed by atoms with Crippen LogP contribution in [0.4, 0.5) is 0 Å². The molecule has 0 bridgehead atoms. The van der Waals surface area contributed by atoms with Gasteiger partial charge in [-0.2, -0.15) is 0 Å². The quantitative estimate of drug-likeness (QED) is 0.408. The van der Waals surface area contributed by atoms with Gasteiger partial charge in [-0.25, -0.2) is 4.98 Å². The van der Waals surface area contributed by atoms with E-state index in [0.29, 0.717) is 36.2 Å². The number of aromatic nitrogens is 4. The number of para-hydroxylation sites is 1. The van der Waals surface area contributed by atoms with Gasteiger partial charge in [0.2, 0.25) is 5.89 Å². The molecule has 5 rings (SSSR count). The van der Waals surface area contributed by atoms with Crippen molar-refractivity contribution in [2.75, 3.05) is 6.54 Å². The molecule has 1 aromatic carbocycles. The van der Waals surface area contributed by atoms with Gasteiger partial charge >= 0.3 is 0 Å². The van der Waals surface area contributed by atoms with E-state index in [1.54, 1.807) is 23.8 Å². The number of hydrogen-bond acceptors (Lipinski definition) is 7. The van der Waals surface area contributed by atoms with Crippen molar-refractivity contribution in [1.29, 1.82) is 0 Å². The minimum Gasteiger partial charge on any atom is -0.459 e. The van der Waals surface area contributed by atoms with Crippen LogP contribution in [0.5, 0.6) is 0 Å². The summed E-state index contributed by atoms with van der Waals surface area (Å²) in [6, 6.07) is 13.8. The monoisotopic (exact) mass is 433 g/mol. The largest absolute Gasteiger partial charge is 0.459 e. The molecule has 0 aliphatic rings. The maximum absolute atomic E-state index is 12.5. The van der Waals surface area contributed by atoms with Crippen molar-refractivity contribution in [3.05, 3.63) is 65.7 Å². The molecule has 5 aromatic rings. The zero-order chi connectivity index (χ0) is 21.2. The first kappa shape index (κ1) is 19.3. The lowest BCUT2D eigenvalue weighted by atomic mass is 10.2. The van der Waals surface area contributed by atoms with Crippen LogP contribution in [0.15, 0.2) is 62.9 Å². The third kappa shape index (κ3) is 3.75. The lowest BCUT2D eigenvalue weighted by Crippen LogP contribution is -2.26. The lowest BCUT2D eigenvalue weighted by Gasteiger charge is -2.05. The SMILES string of the molecule is CCn1c(-c2nc(C(=O)NCCc3nnc(-c4ccco4)o3)cs2)cc2ccccc21. The Morgan fingerprint density at radius 1 is 1.19 bits per heavy atom. The van der Waals surface area contributed by atoms with Gasteiger partial charge in [-0.3, -0.25) is 4.79 Å². The molecular weight excluding hydrogens is 414 g/mol. The minimum absolute atomic E-state index is 0.229. The van der Waals surface area contributed by atoms with Crippen molar-refractivity contribution in [2.24, 2.45) is 0 Å². The molecule has 0 aliphatic heterocycles. The maximum Gasteiger partial charge on any atom is 0.283 e. The fraction of sp³-hybridized carbons (Fsp3) is 0.182. The predicted octanol–water partition coefficient (Wildman–Crippen LogP) is 4.40. The molecule has 156 valence electrons. The van der Waals surface area contributed by atoms with E-state index in [4.69, 9.17) is 8.83 Å². The molecular formula is C22H19N5O3S. The number of furan rings is 1. The van der Waals surface area contributed by atoms with E-state index in [1.807, 2.05) is 12.1 Å². The molecule has 31 heavy (non-hydrogen) atoms. The molecule has 8 nitrogen and oxygen atoms in total. The van der Waals surface area contributed by atoms with Crippen molar-refractivity contribution >= 4 is 28.1 Å². The predicted molar refractivity (Wildman–Crippen MR) is 117 cm³/mol. The molecule has 4 aromatic heterocycles. The van der Waals surface area contributed by atoms with Gasteiger partial charge in [0.15, 0.2) is 5.76 Å². The number of hydrogen-bond donors (Lipinski definition) is 1. The second-order valence-electron chi connectivity index (χ2n) is 6.85. The molecule has 0 fully saturated rings. The van der Waals surface area contributed by atoms with Crippen LogP contribution in [-0.2, 0) is 13.0 Å². The Morgan fingerprint density at radius 3 is 2.94 bits per heavy atom. The van der Waals surface area contributed by atoms with E-state index in [0.717, 1.165) is 28.1 Å². The van der Waals surface area contributed by atoms with Crippen molar-refractivity contribution in [3.63, 3.8) is 0 Å². The maximum atomic E-state index is 12.5. The van der Waals surface area contributed by atoms with Crippen LogP contribution < -0.4 is 5.32 Å².